The van der Waals surface area contributed by atoms with Crippen molar-refractivity contribution in [2.45, 2.75) is 17.9 Å². The predicted molar refractivity (Wildman–Crippen MR) is 60.2 cm³/mol. The van der Waals surface area contributed by atoms with E-state index < -0.39 is 32.8 Å². The van der Waals surface area contributed by atoms with E-state index in [0.29, 0.717) is 6.07 Å². The second kappa shape index (κ2) is 5.42. The van der Waals surface area contributed by atoms with Crippen molar-refractivity contribution in [2.24, 2.45) is 0 Å². The van der Waals surface area contributed by atoms with Crippen LogP contribution in [0.2, 0.25) is 0 Å². The number of aliphatic hydroxyl groups is 1. The van der Waals surface area contributed by atoms with Crippen LogP contribution in [-0.4, -0.2) is 37.2 Å². The van der Waals surface area contributed by atoms with E-state index in [1.54, 1.807) is 0 Å². The Labute approximate surface area is 103 Å². The zero-order chi connectivity index (χ0) is 13.9. The fourth-order valence-corrected chi connectivity index (χ4v) is 2.34. The van der Waals surface area contributed by atoms with Crippen molar-refractivity contribution in [3.05, 3.63) is 29.6 Å². The Bertz CT molecular complexity index is 555. The van der Waals surface area contributed by atoms with E-state index in [1.165, 1.54) is 6.92 Å². The van der Waals surface area contributed by atoms with Gasteiger partial charge in [0.2, 0.25) is 10.0 Å². The predicted octanol–water partition coefficient (Wildman–Crippen LogP) is 0.183. The van der Waals surface area contributed by atoms with Crippen LogP contribution in [0, 0.1) is 5.82 Å². The van der Waals surface area contributed by atoms with Gasteiger partial charge in [-0.05, 0) is 25.1 Å². The lowest BCUT2D eigenvalue weighted by atomic mass is 10.2. The molecule has 0 aliphatic rings. The zero-order valence-electron chi connectivity index (χ0n) is 9.42. The van der Waals surface area contributed by atoms with E-state index >= 15 is 0 Å². The number of halogens is 1. The minimum absolute atomic E-state index is 0.261. The van der Waals surface area contributed by atoms with Crippen molar-refractivity contribution in [3.63, 3.8) is 0 Å². The van der Waals surface area contributed by atoms with E-state index in [1.807, 2.05) is 4.72 Å². The largest absolute Gasteiger partial charge is 0.478 e. The smallest absolute Gasteiger partial charge is 0.335 e. The Kier molecular flexibility index (Phi) is 4.38. The molecule has 0 aliphatic carbocycles. The fraction of sp³-hybridized carbons (Fsp3) is 0.300. The second-order valence-corrected chi connectivity index (χ2v) is 5.39. The monoisotopic (exact) mass is 277 g/mol. The lowest BCUT2D eigenvalue weighted by Crippen LogP contribution is -2.31. The first kappa shape index (κ1) is 14.6. The normalized spacial score (nSPS) is 13.3. The molecule has 0 amide bonds. The number of sulfonamides is 1. The molecule has 3 N–H and O–H groups in total. The first-order valence-corrected chi connectivity index (χ1v) is 6.43. The molecule has 6 nitrogen and oxygen atoms in total. The number of carbonyl (C=O) groups is 1. The zero-order valence-corrected chi connectivity index (χ0v) is 10.2. The van der Waals surface area contributed by atoms with Crippen LogP contribution in [0.25, 0.3) is 0 Å². The van der Waals surface area contributed by atoms with E-state index in [0.717, 1.165) is 12.1 Å². The van der Waals surface area contributed by atoms with Crippen LogP contribution >= 0.6 is 0 Å². The topological polar surface area (TPSA) is 104 Å². The number of aromatic carboxylic acids is 1. The molecular formula is C10H12FNO5S. The minimum atomic E-state index is -4.11. The van der Waals surface area contributed by atoms with Crippen LogP contribution < -0.4 is 4.72 Å². The van der Waals surface area contributed by atoms with E-state index in [-0.39, 0.29) is 12.1 Å². The van der Waals surface area contributed by atoms with Crippen molar-refractivity contribution < 1.29 is 27.8 Å². The Morgan fingerprint density at radius 3 is 2.56 bits per heavy atom. The molecule has 0 saturated carbocycles. The molecule has 0 unspecified atom stereocenters. The summed E-state index contributed by atoms with van der Waals surface area (Å²) in [6, 6.07) is 2.48. The van der Waals surface area contributed by atoms with Crippen LogP contribution in [0.5, 0.6) is 0 Å². The van der Waals surface area contributed by atoms with Gasteiger partial charge in [0, 0.05) is 6.54 Å². The Morgan fingerprint density at radius 1 is 1.50 bits per heavy atom. The van der Waals surface area contributed by atoms with Crippen molar-refractivity contribution >= 4 is 16.0 Å². The quantitative estimate of drug-likeness (QED) is 0.712. The Hall–Kier alpha value is -1.51. The molecule has 0 radical (unpaired) electrons. The summed E-state index contributed by atoms with van der Waals surface area (Å²) in [4.78, 5) is 9.91. The molecule has 8 heteroatoms. The molecule has 0 heterocycles. The number of hydrogen-bond donors (Lipinski definition) is 3. The van der Waals surface area contributed by atoms with Crippen molar-refractivity contribution in [2.75, 3.05) is 6.54 Å². The molecule has 1 aromatic rings. The number of carboxylic acid groups (broad SMARTS) is 1. The van der Waals surface area contributed by atoms with Crippen LogP contribution in [0.3, 0.4) is 0 Å². The molecule has 0 fully saturated rings. The third-order valence-electron chi connectivity index (χ3n) is 2.04. The SMILES string of the molecule is C[C@@H](O)CNS(=O)(=O)c1ccc(C(=O)O)cc1F. The Morgan fingerprint density at radius 2 is 2.11 bits per heavy atom. The van der Waals surface area contributed by atoms with Gasteiger partial charge in [-0.15, -0.1) is 0 Å². The summed E-state index contributed by atoms with van der Waals surface area (Å²) in [6.45, 7) is 1.11. The minimum Gasteiger partial charge on any atom is -0.478 e. The van der Waals surface area contributed by atoms with Gasteiger partial charge in [-0.1, -0.05) is 0 Å². The highest BCUT2D eigenvalue weighted by atomic mass is 32.2. The maximum absolute atomic E-state index is 13.5. The number of rotatable bonds is 5. The maximum Gasteiger partial charge on any atom is 0.335 e. The summed E-state index contributed by atoms with van der Waals surface area (Å²) >= 11 is 0. The first-order chi connectivity index (χ1) is 8.24. The van der Waals surface area contributed by atoms with Crippen molar-refractivity contribution in [3.8, 4) is 0 Å². The number of carboxylic acids is 1. The van der Waals surface area contributed by atoms with Gasteiger partial charge in [0.15, 0.2) is 0 Å². The van der Waals surface area contributed by atoms with E-state index in [2.05, 4.69) is 0 Å². The molecule has 0 aliphatic heterocycles. The van der Waals surface area contributed by atoms with Crippen molar-refractivity contribution in [1.82, 2.24) is 4.72 Å². The standard InChI is InChI=1S/C10H12FNO5S/c1-6(13)5-12-18(16,17)9-3-2-7(10(14)15)4-8(9)11/h2-4,6,12-13H,5H2,1H3,(H,14,15)/t6-/m1/s1. The average molecular weight is 277 g/mol. The average Bonchev–Trinajstić information content (AvgIpc) is 2.26. The van der Waals surface area contributed by atoms with Gasteiger partial charge >= 0.3 is 5.97 Å². The van der Waals surface area contributed by atoms with Crippen LogP contribution in [0.4, 0.5) is 4.39 Å². The lowest BCUT2D eigenvalue weighted by molar-refractivity contribution is 0.0696. The lowest BCUT2D eigenvalue weighted by Gasteiger charge is -2.09. The third kappa shape index (κ3) is 3.49. The Balaban J connectivity index is 3.06. The molecule has 18 heavy (non-hydrogen) atoms. The van der Waals surface area contributed by atoms with E-state index in [4.69, 9.17) is 10.2 Å². The number of nitrogens with one attached hydrogen (secondary N) is 1. The fourth-order valence-electron chi connectivity index (χ4n) is 1.16. The number of aliphatic hydroxyl groups excluding tert-OH is 1. The highest BCUT2D eigenvalue weighted by Gasteiger charge is 2.20. The maximum atomic E-state index is 13.5. The molecular weight excluding hydrogens is 265 g/mol. The summed E-state index contributed by atoms with van der Waals surface area (Å²) in [7, 11) is -4.11. The molecule has 0 saturated heterocycles. The molecule has 0 spiro atoms. The molecule has 100 valence electrons. The van der Waals surface area contributed by atoms with Gasteiger partial charge in [0.25, 0.3) is 0 Å². The van der Waals surface area contributed by atoms with Crippen LogP contribution in [-0.2, 0) is 10.0 Å². The van der Waals surface area contributed by atoms with Crippen LogP contribution in [0.1, 0.15) is 17.3 Å². The summed E-state index contributed by atoms with van der Waals surface area (Å²) in [5, 5.41) is 17.6. The second-order valence-electron chi connectivity index (χ2n) is 3.65. The summed E-state index contributed by atoms with van der Waals surface area (Å²) in [5.74, 6) is -2.51. The van der Waals surface area contributed by atoms with Crippen molar-refractivity contribution in [1.29, 1.82) is 0 Å². The molecule has 1 rings (SSSR count). The molecule has 0 bridgehead atoms. The van der Waals surface area contributed by atoms with Gasteiger partial charge in [0.1, 0.15) is 10.7 Å². The van der Waals surface area contributed by atoms with Crippen LogP contribution in [0.15, 0.2) is 23.1 Å². The number of benzene rings is 1. The van der Waals surface area contributed by atoms with Gasteiger partial charge in [-0.3, -0.25) is 0 Å². The van der Waals surface area contributed by atoms with Gasteiger partial charge in [0.05, 0.1) is 11.7 Å². The van der Waals surface area contributed by atoms with Gasteiger partial charge < -0.3 is 10.2 Å². The van der Waals surface area contributed by atoms with Gasteiger partial charge in [-0.2, -0.15) is 0 Å². The molecule has 1 aromatic carbocycles. The van der Waals surface area contributed by atoms with E-state index in [9.17, 15) is 17.6 Å². The summed E-state index contributed by atoms with van der Waals surface area (Å²) in [5.41, 5.74) is -0.345. The first-order valence-electron chi connectivity index (χ1n) is 4.94. The summed E-state index contributed by atoms with van der Waals surface area (Å²) in [6.07, 6.45) is -0.916. The highest BCUT2D eigenvalue weighted by molar-refractivity contribution is 7.89. The summed E-state index contributed by atoms with van der Waals surface area (Å²) < 4.78 is 38.7. The molecule has 1 atom stereocenters. The van der Waals surface area contributed by atoms with Gasteiger partial charge in [-0.25, -0.2) is 22.3 Å². The molecule has 0 aromatic heterocycles. The number of hydrogen-bond acceptors (Lipinski definition) is 4. The third-order valence-corrected chi connectivity index (χ3v) is 3.49. The highest BCUT2D eigenvalue weighted by Crippen LogP contribution is 2.16.